The normalized spacial score (nSPS) is 12.6. The Bertz CT molecular complexity index is 546. The van der Waals surface area contributed by atoms with Gasteiger partial charge in [-0.1, -0.05) is 30.3 Å². The molecule has 0 radical (unpaired) electrons. The second-order valence-corrected chi connectivity index (χ2v) is 3.82. The average molecular weight is 216 g/mol. The Morgan fingerprint density at radius 1 is 1.25 bits per heavy atom. The van der Waals surface area contributed by atoms with Gasteiger partial charge >= 0.3 is 5.97 Å². The molecule has 16 heavy (non-hydrogen) atoms. The van der Waals surface area contributed by atoms with Crippen LogP contribution in [0.2, 0.25) is 0 Å². The molecule has 3 nitrogen and oxygen atoms in total. The molecule has 2 aromatic rings. The van der Waals surface area contributed by atoms with Crippen LogP contribution in [-0.2, 0) is 4.79 Å². The summed E-state index contributed by atoms with van der Waals surface area (Å²) in [4.78, 5) is 10.9. The molecule has 1 atom stereocenters. The van der Waals surface area contributed by atoms with E-state index in [2.05, 4.69) is 0 Å². The SMILES string of the molecule is CC(C(=O)O)c1ccc2c(O)cccc2c1. The maximum Gasteiger partial charge on any atom is 0.310 e. The Balaban J connectivity index is 2.57. The van der Waals surface area contributed by atoms with Crippen LogP contribution >= 0.6 is 0 Å². The quantitative estimate of drug-likeness (QED) is 0.811. The topological polar surface area (TPSA) is 57.5 Å². The molecule has 0 amide bonds. The van der Waals surface area contributed by atoms with Gasteiger partial charge in [-0.2, -0.15) is 0 Å². The second-order valence-electron chi connectivity index (χ2n) is 3.82. The van der Waals surface area contributed by atoms with Gasteiger partial charge in [0, 0.05) is 5.39 Å². The molecule has 82 valence electrons. The van der Waals surface area contributed by atoms with E-state index < -0.39 is 11.9 Å². The lowest BCUT2D eigenvalue weighted by molar-refractivity contribution is -0.138. The van der Waals surface area contributed by atoms with Gasteiger partial charge in [-0.05, 0) is 23.9 Å². The van der Waals surface area contributed by atoms with Crippen LogP contribution in [0.3, 0.4) is 0 Å². The Morgan fingerprint density at radius 3 is 2.69 bits per heavy atom. The molecule has 0 bridgehead atoms. The lowest BCUT2D eigenvalue weighted by atomic mass is 9.98. The maximum atomic E-state index is 10.9. The molecule has 2 N–H and O–H groups in total. The number of aromatic hydroxyl groups is 1. The lowest BCUT2D eigenvalue weighted by Gasteiger charge is -2.08. The Hall–Kier alpha value is -2.03. The summed E-state index contributed by atoms with van der Waals surface area (Å²) in [5, 5.41) is 20.1. The zero-order valence-corrected chi connectivity index (χ0v) is 8.84. The van der Waals surface area contributed by atoms with E-state index in [1.807, 2.05) is 6.07 Å². The number of aliphatic carboxylic acids is 1. The Labute approximate surface area is 93.0 Å². The van der Waals surface area contributed by atoms with Gasteiger partial charge in [0.1, 0.15) is 5.75 Å². The number of phenols is 1. The largest absolute Gasteiger partial charge is 0.507 e. The average Bonchev–Trinajstić information content (AvgIpc) is 2.28. The van der Waals surface area contributed by atoms with Crippen LogP contribution in [-0.4, -0.2) is 16.2 Å². The van der Waals surface area contributed by atoms with Crippen LogP contribution < -0.4 is 0 Å². The Morgan fingerprint density at radius 2 is 2.00 bits per heavy atom. The molecule has 0 fully saturated rings. The van der Waals surface area contributed by atoms with E-state index in [0.29, 0.717) is 0 Å². The number of hydrogen-bond acceptors (Lipinski definition) is 2. The summed E-state index contributed by atoms with van der Waals surface area (Å²) in [5.41, 5.74) is 0.741. The maximum absolute atomic E-state index is 10.9. The molecule has 0 aromatic heterocycles. The molecule has 2 rings (SSSR count). The van der Waals surface area contributed by atoms with Crippen LogP contribution in [0, 0.1) is 0 Å². The van der Waals surface area contributed by atoms with Crippen LogP contribution in [0.4, 0.5) is 0 Å². The van der Waals surface area contributed by atoms with E-state index in [4.69, 9.17) is 5.11 Å². The van der Waals surface area contributed by atoms with Crippen molar-refractivity contribution in [3.63, 3.8) is 0 Å². The fourth-order valence-corrected chi connectivity index (χ4v) is 1.70. The van der Waals surface area contributed by atoms with Gasteiger partial charge in [-0.15, -0.1) is 0 Å². The number of phenolic OH excluding ortho intramolecular Hbond substituents is 1. The van der Waals surface area contributed by atoms with Gasteiger partial charge in [0.25, 0.3) is 0 Å². The molecule has 0 aliphatic heterocycles. The molecule has 0 saturated heterocycles. The van der Waals surface area contributed by atoms with Gasteiger partial charge in [0.05, 0.1) is 5.92 Å². The smallest absolute Gasteiger partial charge is 0.310 e. The van der Waals surface area contributed by atoms with Gasteiger partial charge in [-0.25, -0.2) is 0 Å². The summed E-state index contributed by atoms with van der Waals surface area (Å²) in [5.74, 6) is -1.17. The van der Waals surface area contributed by atoms with E-state index >= 15 is 0 Å². The number of carboxylic acids is 1. The summed E-state index contributed by atoms with van der Waals surface area (Å²) in [6.45, 7) is 1.65. The van der Waals surface area contributed by atoms with E-state index in [1.54, 1.807) is 37.3 Å². The van der Waals surface area contributed by atoms with E-state index in [9.17, 15) is 9.90 Å². The number of carboxylic acid groups (broad SMARTS) is 1. The highest BCUT2D eigenvalue weighted by Gasteiger charge is 2.13. The number of rotatable bonds is 2. The van der Waals surface area contributed by atoms with Crippen molar-refractivity contribution in [2.75, 3.05) is 0 Å². The standard InChI is InChI=1S/C13H12O3/c1-8(13(15)16)9-5-6-11-10(7-9)3-2-4-12(11)14/h2-8,14H,1H3,(H,15,16). The molecule has 0 saturated carbocycles. The molecule has 0 aliphatic carbocycles. The van der Waals surface area contributed by atoms with Crippen LogP contribution in [0.25, 0.3) is 10.8 Å². The molecule has 0 aliphatic rings. The van der Waals surface area contributed by atoms with Crippen molar-refractivity contribution in [2.45, 2.75) is 12.8 Å². The molecular formula is C13H12O3. The van der Waals surface area contributed by atoms with Crippen molar-refractivity contribution in [3.8, 4) is 5.75 Å². The fourth-order valence-electron chi connectivity index (χ4n) is 1.70. The number of carbonyl (C=O) groups is 1. The summed E-state index contributed by atoms with van der Waals surface area (Å²) in [6.07, 6.45) is 0. The van der Waals surface area contributed by atoms with Gasteiger partial charge < -0.3 is 10.2 Å². The van der Waals surface area contributed by atoms with Crippen molar-refractivity contribution in [3.05, 3.63) is 42.0 Å². The monoisotopic (exact) mass is 216 g/mol. The van der Waals surface area contributed by atoms with E-state index in [-0.39, 0.29) is 5.75 Å². The fraction of sp³-hybridized carbons (Fsp3) is 0.154. The zero-order chi connectivity index (χ0) is 11.7. The summed E-state index contributed by atoms with van der Waals surface area (Å²) in [7, 11) is 0. The van der Waals surface area contributed by atoms with Gasteiger partial charge in [-0.3, -0.25) is 4.79 Å². The minimum atomic E-state index is -0.848. The zero-order valence-electron chi connectivity index (χ0n) is 8.84. The molecular weight excluding hydrogens is 204 g/mol. The van der Waals surface area contributed by atoms with Gasteiger partial charge in [0.15, 0.2) is 0 Å². The van der Waals surface area contributed by atoms with Crippen molar-refractivity contribution >= 4 is 16.7 Å². The molecule has 3 heteroatoms. The molecule has 0 spiro atoms. The van der Waals surface area contributed by atoms with Crippen molar-refractivity contribution < 1.29 is 15.0 Å². The second kappa shape index (κ2) is 3.85. The predicted octanol–water partition coefficient (Wildman–Crippen LogP) is 2.73. The minimum Gasteiger partial charge on any atom is -0.507 e. The lowest BCUT2D eigenvalue weighted by Crippen LogP contribution is -2.06. The first-order valence-corrected chi connectivity index (χ1v) is 5.04. The van der Waals surface area contributed by atoms with Crippen molar-refractivity contribution in [1.29, 1.82) is 0 Å². The van der Waals surface area contributed by atoms with Gasteiger partial charge in [0.2, 0.25) is 0 Å². The number of hydrogen-bond donors (Lipinski definition) is 2. The number of fused-ring (bicyclic) bond motifs is 1. The number of benzene rings is 2. The summed E-state index contributed by atoms with van der Waals surface area (Å²) in [6, 6.07) is 10.5. The summed E-state index contributed by atoms with van der Waals surface area (Å²) < 4.78 is 0. The van der Waals surface area contributed by atoms with E-state index in [1.165, 1.54) is 0 Å². The van der Waals surface area contributed by atoms with Crippen molar-refractivity contribution in [2.24, 2.45) is 0 Å². The molecule has 0 heterocycles. The first-order chi connectivity index (χ1) is 7.59. The third-order valence-electron chi connectivity index (χ3n) is 2.75. The van der Waals surface area contributed by atoms with E-state index in [0.717, 1.165) is 16.3 Å². The minimum absolute atomic E-state index is 0.215. The first-order valence-electron chi connectivity index (χ1n) is 5.04. The highest BCUT2D eigenvalue weighted by Crippen LogP contribution is 2.27. The summed E-state index contributed by atoms with van der Waals surface area (Å²) >= 11 is 0. The highest BCUT2D eigenvalue weighted by atomic mass is 16.4. The third kappa shape index (κ3) is 1.72. The highest BCUT2D eigenvalue weighted by molar-refractivity contribution is 5.89. The van der Waals surface area contributed by atoms with Crippen LogP contribution in [0.15, 0.2) is 36.4 Å². The van der Waals surface area contributed by atoms with Crippen LogP contribution in [0.5, 0.6) is 5.75 Å². The van der Waals surface area contributed by atoms with Crippen LogP contribution in [0.1, 0.15) is 18.4 Å². The molecule has 2 aromatic carbocycles. The van der Waals surface area contributed by atoms with Crippen molar-refractivity contribution in [1.82, 2.24) is 0 Å². The third-order valence-corrected chi connectivity index (χ3v) is 2.75. The predicted molar refractivity (Wildman–Crippen MR) is 61.7 cm³/mol. The first kappa shape index (κ1) is 10.5. The Kier molecular flexibility index (Phi) is 2.52. The molecule has 1 unspecified atom stereocenters.